The van der Waals surface area contributed by atoms with Crippen molar-refractivity contribution in [2.45, 2.75) is 24.5 Å². The fraction of sp³-hybridized carbons (Fsp3) is 0.368. The van der Waals surface area contributed by atoms with Crippen LogP contribution in [0.4, 0.5) is 5.82 Å². The summed E-state index contributed by atoms with van der Waals surface area (Å²) in [5.41, 5.74) is 6.39. The number of aliphatic hydroxyl groups excluding tert-OH is 2. The predicted octanol–water partition coefficient (Wildman–Crippen LogP) is -2.11. The number of nitrogens with two attached hydrogens (primary N) is 1. The monoisotopic (exact) mass is 456 g/mol. The third-order valence-electron chi connectivity index (χ3n) is 4.98. The van der Waals surface area contributed by atoms with E-state index in [0.717, 1.165) is 0 Å². The van der Waals surface area contributed by atoms with Gasteiger partial charge in [0.05, 0.1) is 19.1 Å². The number of carbonyl (C=O) groups is 2. The average molecular weight is 456 g/mol. The van der Waals surface area contributed by atoms with Gasteiger partial charge in [0, 0.05) is 20.2 Å². The van der Waals surface area contributed by atoms with Gasteiger partial charge in [0.1, 0.15) is 17.7 Å². The summed E-state index contributed by atoms with van der Waals surface area (Å²) in [6, 6.07) is 1.44. The number of rotatable bonds is 4. The highest BCUT2D eigenvalue weighted by Crippen LogP contribution is 2.32. The number of amides is 2. The maximum atomic E-state index is 12.2. The molecular formula is C19H20N8O6. The number of hydrogen-bond acceptors (Lipinski definition) is 11. The Morgan fingerprint density at radius 2 is 2.12 bits per heavy atom. The van der Waals surface area contributed by atoms with E-state index < -0.39 is 36.4 Å². The molecule has 4 rings (SSSR count). The van der Waals surface area contributed by atoms with Gasteiger partial charge < -0.3 is 35.4 Å². The predicted molar refractivity (Wildman–Crippen MR) is 110 cm³/mol. The van der Waals surface area contributed by atoms with Gasteiger partial charge in [-0.05, 0) is 5.92 Å². The number of nitrogen functional groups attached to an aromatic ring is 1. The molecule has 5 N–H and O–H groups in total. The normalized spacial score (nSPS) is 22.1. The van der Waals surface area contributed by atoms with E-state index in [9.17, 15) is 19.8 Å². The highest BCUT2D eigenvalue weighted by molar-refractivity contribution is 5.91. The quantitative estimate of drug-likeness (QED) is 0.314. The van der Waals surface area contributed by atoms with Crippen LogP contribution in [0, 0.1) is 11.8 Å². The summed E-state index contributed by atoms with van der Waals surface area (Å²) >= 11 is 0. The summed E-state index contributed by atoms with van der Waals surface area (Å²) in [5.74, 6) is 4.67. The third-order valence-corrected chi connectivity index (χ3v) is 4.98. The number of aromatic nitrogens is 5. The molecule has 0 radical (unpaired) electrons. The zero-order valence-electron chi connectivity index (χ0n) is 17.5. The minimum absolute atomic E-state index is 0.0324. The first-order valence-electron chi connectivity index (χ1n) is 9.70. The van der Waals surface area contributed by atoms with Gasteiger partial charge in [0.2, 0.25) is 11.6 Å². The molecule has 14 nitrogen and oxygen atoms in total. The van der Waals surface area contributed by atoms with E-state index in [1.165, 1.54) is 35.1 Å². The number of likely N-dealkylation sites (N-methyl/N-ethyl adjacent to an activating group) is 1. The Morgan fingerprint density at radius 1 is 1.33 bits per heavy atom. The van der Waals surface area contributed by atoms with Gasteiger partial charge in [-0.2, -0.15) is 0 Å². The van der Waals surface area contributed by atoms with Crippen LogP contribution in [0.1, 0.15) is 22.6 Å². The minimum atomic E-state index is -1.46. The van der Waals surface area contributed by atoms with Crippen LogP contribution in [0.2, 0.25) is 0 Å². The Labute approximate surface area is 186 Å². The molecule has 0 unspecified atom stereocenters. The van der Waals surface area contributed by atoms with Crippen LogP contribution in [-0.4, -0.2) is 90.6 Å². The summed E-state index contributed by atoms with van der Waals surface area (Å²) in [4.78, 5) is 37.9. The second-order valence-corrected chi connectivity index (χ2v) is 7.14. The van der Waals surface area contributed by atoms with Gasteiger partial charge in [-0.3, -0.25) is 14.2 Å². The van der Waals surface area contributed by atoms with E-state index in [-0.39, 0.29) is 35.1 Å². The standard InChI is InChI=1S/C19H20N8O6/c1-21-17(30)14-12(28)13(29)19(32-14)27-8-22-11-15(20)24-10(25-16(11)27)4-3-7-26(2)18(31)9-5-6-23-33-9/h5-6,8,12-14,19,28-29H,7H2,1-2H3,(H,21,30)(H2,20,24,25)/t12-,13-,14+,19-/m1/s1. The van der Waals surface area contributed by atoms with Crippen molar-refractivity contribution in [2.75, 3.05) is 26.4 Å². The van der Waals surface area contributed by atoms with Crippen molar-refractivity contribution >= 4 is 28.8 Å². The molecule has 14 heteroatoms. The molecule has 2 amide bonds. The van der Waals surface area contributed by atoms with Crippen molar-refractivity contribution < 1.29 is 29.1 Å². The van der Waals surface area contributed by atoms with E-state index >= 15 is 0 Å². The van der Waals surface area contributed by atoms with Crippen LogP contribution >= 0.6 is 0 Å². The molecule has 0 saturated carbocycles. The second-order valence-electron chi connectivity index (χ2n) is 7.14. The van der Waals surface area contributed by atoms with E-state index in [1.807, 2.05) is 0 Å². The summed E-state index contributed by atoms with van der Waals surface area (Å²) in [5, 5.41) is 26.5. The highest BCUT2D eigenvalue weighted by Gasteiger charge is 2.47. The molecule has 1 fully saturated rings. The van der Waals surface area contributed by atoms with Crippen molar-refractivity contribution in [2.24, 2.45) is 0 Å². The number of imidazole rings is 1. The van der Waals surface area contributed by atoms with Gasteiger partial charge in [-0.25, -0.2) is 15.0 Å². The lowest BCUT2D eigenvalue weighted by Crippen LogP contribution is -2.41. The maximum Gasteiger partial charge on any atom is 0.292 e. The summed E-state index contributed by atoms with van der Waals surface area (Å²) in [7, 11) is 2.93. The number of anilines is 1. The Balaban J connectivity index is 1.58. The topological polar surface area (TPSA) is 195 Å². The minimum Gasteiger partial charge on any atom is -0.387 e. The third kappa shape index (κ3) is 4.07. The lowest BCUT2D eigenvalue weighted by Gasteiger charge is -2.16. The summed E-state index contributed by atoms with van der Waals surface area (Å²) < 4.78 is 11.7. The molecular weight excluding hydrogens is 436 g/mol. The molecule has 1 aliphatic rings. The first-order chi connectivity index (χ1) is 15.8. The average Bonchev–Trinajstić information content (AvgIpc) is 3.54. The Bertz CT molecular complexity index is 1250. The SMILES string of the molecule is CNC(=O)[C@H]1O[C@@H](n2cnc3c(N)nc(C#CCN(C)C(=O)c4ccno4)nc32)[C@H](O)[C@H]1O. The number of hydrogen-bond donors (Lipinski definition) is 4. The molecule has 172 valence electrons. The zero-order chi connectivity index (χ0) is 23.7. The molecule has 0 spiro atoms. The van der Waals surface area contributed by atoms with Crippen molar-refractivity contribution in [1.29, 1.82) is 0 Å². The van der Waals surface area contributed by atoms with Gasteiger partial charge in [-0.15, -0.1) is 0 Å². The van der Waals surface area contributed by atoms with Crippen molar-refractivity contribution in [3.63, 3.8) is 0 Å². The number of nitrogens with one attached hydrogen (secondary N) is 1. The lowest BCUT2D eigenvalue weighted by atomic mass is 10.1. The Kier molecular flexibility index (Phi) is 5.92. The van der Waals surface area contributed by atoms with E-state index in [1.54, 1.807) is 7.05 Å². The van der Waals surface area contributed by atoms with E-state index in [0.29, 0.717) is 0 Å². The molecule has 3 aromatic heterocycles. The van der Waals surface area contributed by atoms with Crippen LogP contribution in [0.3, 0.4) is 0 Å². The van der Waals surface area contributed by atoms with E-state index in [4.69, 9.17) is 15.0 Å². The second kappa shape index (κ2) is 8.82. The largest absolute Gasteiger partial charge is 0.387 e. The van der Waals surface area contributed by atoms with Gasteiger partial charge in [0.25, 0.3) is 11.8 Å². The first kappa shape index (κ1) is 22.1. The number of fused-ring (bicyclic) bond motifs is 1. The Hall–Kier alpha value is -4.06. The van der Waals surface area contributed by atoms with Crippen molar-refractivity contribution in [3.8, 4) is 11.8 Å². The molecule has 4 atom stereocenters. The highest BCUT2D eigenvalue weighted by atomic mass is 16.6. The number of ether oxygens (including phenoxy) is 1. The molecule has 0 aromatic carbocycles. The molecule has 0 aliphatic carbocycles. The zero-order valence-corrected chi connectivity index (χ0v) is 17.5. The number of aliphatic hydroxyl groups is 2. The maximum absolute atomic E-state index is 12.2. The smallest absolute Gasteiger partial charge is 0.292 e. The molecule has 1 aliphatic heterocycles. The Morgan fingerprint density at radius 3 is 2.82 bits per heavy atom. The van der Waals surface area contributed by atoms with Gasteiger partial charge >= 0.3 is 0 Å². The van der Waals surface area contributed by atoms with Crippen molar-refractivity contribution in [1.82, 2.24) is 34.9 Å². The fourth-order valence-electron chi connectivity index (χ4n) is 3.25. The van der Waals surface area contributed by atoms with Crippen LogP contribution in [0.15, 0.2) is 23.1 Å². The lowest BCUT2D eigenvalue weighted by molar-refractivity contribution is -0.137. The van der Waals surface area contributed by atoms with Gasteiger partial charge in [0.15, 0.2) is 23.8 Å². The van der Waals surface area contributed by atoms with Crippen molar-refractivity contribution in [3.05, 3.63) is 30.2 Å². The molecule has 3 aromatic rings. The first-order valence-corrected chi connectivity index (χ1v) is 9.70. The number of nitrogens with zero attached hydrogens (tertiary/aromatic N) is 6. The molecule has 1 saturated heterocycles. The summed E-state index contributed by atoms with van der Waals surface area (Å²) in [6.07, 6.45) is -2.63. The van der Waals surface area contributed by atoms with Crippen LogP contribution in [0.5, 0.6) is 0 Å². The fourth-order valence-corrected chi connectivity index (χ4v) is 3.25. The number of carbonyl (C=O) groups excluding carboxylic acids is 2. The van der Waals surface area contributed by atoms with Crippen LogP contribution in [-0.2, 0) is 9.53 Å². The van der Waals surface area contributed by atoms with Crippen LogP contribution in [0.25, 0.3) is 11.2 Å². The summed E-state index contributed by atoms with van der Waals surface area (Å²) in [6.45, 7) is 0.0462. The molecule has 4 heterocycles. The molecule has 0 bridgehead atoms. The van der Waals surface area contributed by atoms with Crippen LogP contribution < -0.4 is 11.1 Å². The van der Waals surface area contributed by atoms with Gasteiger partial charge in [-0.1, -0.05) is 11.1 Å². The molecule has 33 heavy (non-hydrogen) atoms. The van der Waals surface area contributed by atoms with E-state index in [2.05, 4.69) is 37.3 Å².